The van der Waals surface area contributed by atoms with E-state index in [1.54, 1.807) is 32.2 Å². The molecular formula is C21H28N2O6. The summed E-state index contributed by atoms with van der Waals surface area (Å²) in [5.74, 6) is 0.497. The summed E-state index contributed by atoms with van der Waals surface area (Å²) in [5, 5.41) is 5.46. The predicted octanol–water partition coefficient (Wildman–Crippen LogP) is 2.83. The van der Waals surface area contributed by atoms with Crippen LogP contribution in [-0.4, -0.2) is 44.5 Å². The summed E-state index contributed by atoms with van der Waals surface area (Å²) in [5.41, 5.74) is 1.38. The third-order valence-electron chi connectivity index (χ3n) is 4.81. The normalized spacial score (nSPS) is 21.6. The highest BCUT2D eigenvalue weighted by molar-refractivity contribution is 5.95. The lowest BCUT2D eigenvalue weighted by molar-refractivity contribution is -0.142. The number of hydrogen-bond acceptors (Lipinski definition) is 6. The largest absolute Gasteiger partial charge is 0.493 e. The first-order chi connectivity index (χ1) is 13.9. The van der Waals surface area contributed by atoms with E-state index in [2.05, 4.69) is 10.6 Å². The van der Waals surface area contributed by atoms with Gasteiger partial charge in [-0.15, -0.1) is 0 Å². The number of para-hydroxylation sites is 1. The highest BCUT2D eigenvalue weighted by atomic mass is 16.6. The molecule has 8 heteroatoms. The minimum absolute atomic E-state index is 0.0823. The van der Waals surface area contributed by atoms with Gasteiger partial charge in [-0.25, -0.2) is 9.59 Å². The topological polar surface area (TPSA) is 95.1 Å². The molecule has 0 saturated carbocycles. The maximum Gasteiger partial charge on any atom is 0.338 e. The van der Waals surface area contributed by atoms with Gasteiger partial charge in [-0.05, 0) is 39.7 Å². The minimum Gasteiger partial charge on any atom is -0.493 e. The van der Waals surface area contributed by atoms with Crippen molar-refractivity contribution < 1.29 is 28.5 Å². The van der Waals surface area contributed by atoms with Gasteiger partial charge in [0, 0.05) is 17.9 Å². The lowest BCUT2D eigenvalue weighted by Gasteiger charge is -2.30. The minimum atomic E-state index is -0.732. The molecule has 1 fully saturated rings. The van der Waals surface area contributed by atoms with Crippen molar-refractivity contribution in [3.05, 3.63) is 35.0 Å². The lowest BCUT2D eigenvalue weighted by atomic mass is 9.94. The van der Waals surface area contributed by atoms with Crippen molar-refractivity contribution in [2.75, 3.05) is 20.3 Å². The predicted molar refractivity (Wildman–Crippen MR) is 106 cm³/mol. The lowest BCUT2D eigenvalue weighted by Crippen LogP contribution is -2.45. The molecule has 2 heterocycles. The van der Waals surface area contributed by atoms with Crippen molar-refractivity contribution in [1.82, 2.24) is 10.6 Å². The second-order valence-corrected chi connectivity index (χ2v) is 7.35. The number of allylic oxidation sites excluding steroid dienone is 1. The molecule has 2 aliphatic rings. The number of esters is 1. The van der Waals surface area contributed by atoms with Crippen molar-refractivity contribution in [3.63, 3.8) is 0 Å². The summed E-state index contributed by atoms with van der Waals surface area (Å²) >= 11 is 0. The number of benzene rings is 1. The van der Waals surface area contributed by atoms with E-state index in [9.17, 15) is 9.59 Å². The quantitative estimate of drug-likeness (QED) is 0.679. The number of nitrogens with one attached hydrogen (secondary N) is 2. The van der Waals surface area contributed by atoms with E-state index in [0.717, 1.165) is 12.8 Å². The molecule has 3 rings (SSSR count). The fourth-order valence-corrected chi connectivity index (χ4v) is 3.50. The third-order valence-corrected chi connectivity index (χ3v) is 4.81. The van der Waals surface area contributed by atoms with E-state index >= 15 is 0 Å². The standard InChI is InChI=1S/C21H28N2O6/c1-12(2)29-19-15(8-5-9-16(19)26-4)18-17(13(3)22-21(25)23-18)20(24)28-11-14-7-6-10-27-14/h5,8-9,12,14,18H,6-7,10-11H2,1-4H3,(H2,22,23,25)/t14-,18+/m0/s1. The molecule has 1 aromatic carbocycles. The Bertz CT molecular complexity index is 798. The van der Waals surface area contributed by atoms with Crippen molar-refractivity contribution in [2.24, 2.45) is 0 Å². The van der Waals surface area contributed by atoms with Crippen LogP contribution in [0, 0.1) is 0 Å². The van der Waals surface area contributed by atoms with E-state index in [1.807, 2.05) is 13.8 Å². The highest BCUT2D eigenvalue weighted by Crippen LogP contribution is 2.39. The van der Waals surface area contributed by atoms with Crippen LogP contribution in [0.2, 0.25) is 0 Å². The van der Waals surface area contributed by atoms with Crippen LogP contribution < -0.4 is 20.1 Å². The van der Waals surface area contributed by atoms with Crippen LogP contribution in [0.4, 0.5) is 4.79 Å². The first-order valence-corrected chi connectivity index (χ1v) is 9.81. The van der Waals surface area contributed by atoms with Gasteiger partial charge >= 0.3 is 12.0 Å². The highest BCUT2D eigenvalue weighted by Gasteiger charge is 2.35. The van der Waals surface area contributed by atoms with Crippen molar-refractivity contribution in [2.45, 2.75) is 51.9 Å². The Hall–Kier alpha value is -2.74. The van der Waals surface area contributed by atoms with Crippen LogP contribution in [-0.2, 0) is 14.3 Å². The Morgan fingerprint density at radius 3 is 2.79 bits per heavy atom. The summed E-state index contributed by atoms with van der Waals surface area (Å²) in [6.07, 6.45) is 1.62. The van der Waals surface area contributed by atoms with Gasteiger partial charge in [0.1, 0.15) is 6.61 Å². The Morgan fingerprint density at radius 1 is 1.34 bits per heavy atom. The van der Waals surface area contributed by atoms with Crippen LogP contribution in [0.3, 0.4) is 0 Å². The van der Waals surface area contributed by atoms with E-state index in [0.29, 0.717) is 34.9 Å². The SMILES string of the molecule is COc1cccc([C@H]2NC(=O)NC(C)=C2C(=O)OC[C@@H]2CCCO2)c1OC(C)C. The Morgan fingerprint density at radius 2 is 2.14 bits per heavy atom. The summed E-state index contributed by atoms with van der Waals surface area (Å²) in [4.78, 5) is 25.1. The van der Waals surface area contributed by atoms with Crippen LogP contribution in [0.25, 0.3) is 0 Å². The average Bonchev–Trinajstić information content (AvgIpc) is 3.19. The van der Waals surface area contributed by atoms with Gasteiger partial charge in [0.05, 0.1) is 30.9 Å². The first-order valence-electron chi connectivity index (χ1n) is 9.81. The van der Waals surface area contributed by atoms with Gasteiger partial charge < -0.3 is 29.6 Å². The number of methoxy groups -OCH3 is 1. The molecule has 1 saturated heterocycles. The third kappa shape index (κ3) is 4.82. The monoisotopic (exact) mass is 404 g/mol. The van der Waals surface area contributed by atoms with E-state index < -0.39 is 18.0 Å². The summed E-state index contributed by atoms with van der Waals surface area (Å²) in [6, 6.07) is 4.24. The van der Waals surface area contributed by atoms with Crippen LogP contribution in [0.1, 0.15) is 45.2 Å². The Labute approximate surface area is 170 Å². The number of amides is 2. The van der Waals surface area contributed by atoms with Gasteiger partial charge in [0.2, 0.25) is 0 Å². The zero-order valence-corrected chi connectivity index (χ0v) is 17.2. The van der Waals surface area contributed by atoms with Crippen LogP contribution in [0.15, 0.2) is 29.5 Å². The molecule has 1 aromatic rings. The van der Waals surface area contributed by atoms with E-state index in [4.69, 9.17) is 18.9 Å². The maximum atomic E-state index is 12.9. The van der Waals surface area contributed by atoms with Gasteiger partial charge in [-0.2, -0.15) is 0 Å². The molecule has 8 nitrogen and oxygen atoms in total. The van der Waals surface area contributed by atoms with Gasteiger partial charge in [0.15, 0.2) is 11.5 Å². The summed E-state index contributed by atoms with van der Waals surface area (Å²) < 4.78 is 22.4. The van der Waals surface area contributed by atoms with Crippen LogP contribution >= 0.6 is 0 Å². The number of rotatable bonds is 7. The molecule has 2 N–H and O–H groups in total. The molecule has 0 aliphatic carbocycles. The van der Waals surface area contributed by atoms with Crippen LogP contribution in [0.5, 0.6) is 11.5 Å². The summed E-state index contributed by atoms with van der Waals surface area (Å²) in [6.45, 7) is 6.34. The fourth-order valence-electron chi connectivity index (χ4n) is 3.50. The fraction of sp³-hybridized carbons (Fsp3) is 0.524. The smallest absolute Gasteiger partial charge is 0.338 e. The zero-order valence-electron chi connectivity index (χ0n) is 17.2. The second-order valence-electron chi connectivity index (χ2n) is 7.35. The van der Waals surface area contributed by atoms with E-state index in [-0.39, 0.29) is 18.8 Å². The zero-order chi connectivity index (χ0) is 21.0. The molecule has 0 unspecified atom stereocenters. The molecule has 29 heavy (non-hydrogen) atoms. The number of carbonyl (C=O) groups is 2. The Balaban J connectivity index is 1.94. The molecule has 0 aromatic heterocycles. The Kier molecular flexibility index (Phi) is 6.64. The van der Waals surface area contributed by atoms with Crippen molar-refractivity contribution >= 4 is 12.0 Å². The summed E-state index contributed by atoms with van der Waals surface area (Å²) in [7, 11) is 1.55. The molecule has 2 atom stereocenters. The number of carbonyl (C=O) groups excluding carboxylic acids is 2. The number of hydrogen-bond donors (Lipinski definition) is 2. The average molecular weight is 404 g/mol. The number of urea groups is 1. The van der Waals surface area contributed by atoms with Gasteiger partial charge in [-0.1, -0.05) is 12.1 Å². The molecular weight excluding hydrogens is 376 g/mol. The number of ether oxygens (including phenoxy) is 4. The molecule has 0 spiro atoms. The van der Waals surface area contributed by atoms with Crippen molar-refractivity contribution in [1.29, 1.82) is 0 Å². The molecule has 0 bridgehead atoms. The first kappa shape index (κ1) is 21.0. The molecule has 0 radical (unpaired) electrons. The van der Waals surface area contributed by atoms with Gasteiger partial charge in [0.25, 0.3) is 0 Å². The molecule has 2 aliphatic heterocycles. The second kappa shape index (κ2) is 9.17. The van der Waals surface area contributed by atoms with Crippen molar-refractivity contribution in [3.8, 4) is 11.5 Å². The maximum absolute atomic E-state index is 12.9. The van der Waals surface area contributed by atoms with E-state index in [1.165, 1.54) is 0 Å². The van der Waals surface area contributed by atoms with Gasteiger partial charge in [-0.3, -0.25) is 0 Å². The molecule has 2 amide bonds. The molecule has 158 valence electrons.